The number of thiazole rings is 1. The predicted octanol–water partition coefficient (Wildman–Crippen LogP) is 4.56. The number of benzene rings is 2. The van der Waals surface area contributed by atoms with Crippen molar-refractivity contribution in [2.75, 3.05) is 25.0 Å². The minimum Gasteiger partial charge on any atom is -0.325 e. The van der Waals surface area contributed by atoms with E-state index in [2.05, 4.69) is 22.3 Å². The molecule has 1 aliphatic heterocycles. The number of rotatable bonds is 4. The van der Waals surface area contributed by atoms with Crippen molar-refractivity contribution >= 4 is 33.1 Å². The van der Waals surface area contributed by atoms with Gasteiger partial charge in [-0.05, 0) is 62.7 Å². The number of hydrogen-bond donors (Lipinski definition) is 1. The first kappa shape index (κ1) is 18.1. The number of fused-ring (bicyclic) bond motifs is 1. The topological polar surface area (TPSA) is 45.2 Å². The average molecular weight is 383 g/mol. The van der Waals surface area contributed by atoms with Gasteiger partial charge in [0, 0.05) is 11.6 Å². The zero-order chi connectivity index (χ0) is 18.8. The molecule has 1 aromatic heterocycles. The van der Waals surface area contributed by atoms with Crippen molar-refractivity contribution in [1.29, 1.82) is 0 Å². The van der Waals surface area contributed by atoms with Crippen LogP contribution in [0.2, 0.25) is 0 Å². The van der Waals surface area contributed by atoms with E-state index in [1.807, 2.05) is 12.1 Å². The summed E-state index contributed by atoms with van der Waals surface area (Å²) >= 11 is 1.78. The van der Waals surface area contributed by atoms with Gasteiger partial charge in [0.25, 0.3) is 0 Å². The molecule has 0 atom stereocenters. The number of nitrogens with one attached hydrogen (secondary N) is 1. The molecule has 2 aromatic carbocycles. The number of para-hydroxylation sites is 1. The molecule has 1 saturated heterocycles. The Morgan fingerprint density at radius 2 is 2.04 bits per heavy atom. The molecule has 1 aliphatic rings. The number of amides is 1. The monoisotopic (exact) mass is 383 g/mol. The number of anilines is 1. The van der Waals surface area contributed by atoms with Gasteiger partial charge in [0.1, 0.15) is 5.82 Å². The number of piperidine rings is 1. The maximum atomic E-state index is 13.6. The molecule has 2 heterocycles. The lowest BCUT2D eigenvalue weighted by atomic mass is 9.97. The van der Waals surface area contributed by atoms with Crippen molar-refractivity contribution in [3.8, 4) is 0 Å². The summed E-state index contributed by atoms with van der Waals surface area (Å²) in [6.45, 7) is 3.78. The highest BCUT2D eigenvalue weighted by atomic mass is 32.1. The third-order valence-corrected chi connectivity index (χ3v) is 6.27. The standard InChI is InChI=1S/C21H22FN3OS/c1-14-6-7-16(12-17(14)22)23-20(26)13-25-10-8-15(9-11-25)21-24-18-4-2-3-5-19(18)27-21/h2-7,12,15H,8-11,13H2,1H3,(H,23,26). The Labute approximate surface area is 162 Å². The van der Waals surface area contributed by atoms with E-state index in [0.717, 1.165) is 31.4 Å². The van der Waals surface area contributed by atoms with Crippen LogP contribution >= 0.6 is 11.3 Å². The smallest absolute Gasteiger partial charge is 0.238 e. The number of aromatic nitrogens is 1. The second-order valence-electron chi connectivity index (χ2n) is 7.08. The highest BCUT2D eigenvalue weighted by molar-refractivity contribution is 7.18. The normalized spacial score (nSPS) is 15.9. The number of carbonyl (C=O) groups excluding carboxylic acids is 1. The van der Waals surface area contributed by atoms with Gasteiger partial charge in [0.05, 0.1) is 21.8 Å². The summed E-state index contributed by atoms with van der Waals surface area (Å²) in [4.78, 5) is 19.2. The Bertz CT molecular complexity index is 930. The van der Waals surface area contributed by atoms with E-state index in [-0.39, 0.29) is 11.7 Å². The van der Waals surface area contributed by atoms with Crippen molar-refractivity contribution in [1.82, 2.24) is 9.88 Å². The number of aryl methyl sites for hydroxylation is 1. The molecular formula is C21H22FN3OS. The van der Waals surface area contributed by atoms with Crippen molar-refractivity contribution in [3.05, 3.63) is 58.9 Å². The van der Waals surface area contributed by atoms with E-state index < -0.39 is 0 Å². The Morgan fingerprint density at radius 1 is 1.26 bits per heavy atom. The molecule has 0 aliphatic carbocycles. The van der Waals surface area contributed by atoms with Crippen LogP contribution in [0.1, 0.15) is 29.3 Å². The van der Waals surface area contributed by atoms with Crippen LogP contribution in [-0.4, -0.2) is 35.4 Å². The molecule has 0 unspecified atom stereocenters. The summed E-state index contributed by atoms with van der Waals surface area (Å²) in [6.07, 6.45) is 2.01. The van der Waals surface area contributed by atoms with Crippen LogP contribution in [0.15, 0.2) is 42.5 Å². The lowest BCUT2D eigenvalue weighted by Gasteiger charge is -2.30. The van der Waals surface area contributed by atoms with Gasteiger partial charge >= 0.3 is 0 Å². The molecule has 0 bridgehead atoms. The van der Waals surface area contributed by atoms with Gasteiger partial charge in [-0.2, -0.15) is 0 Å². The van der Waals surface area contributed by atoms with Crippen LogP contribution in [0.5, 0.6) is 0 Å². The molecule has 1 N–H and O–H groups in total. The van der Waals surface area contributed by atoms with Gasteiger partial charge in [-0.3, -0.25) is 9.69 Å². The fourth-order valence-electron chi connectivity index (χ4n) is 3.48. The van der Waals surface area contributed by atoms with E-state index in [1.54, 1.807) is 30.4 Å². The van der Waals surface area contributed by atoms with Crippen molar-refractivity contribution in [2.24, 2.45) is 0 Å². The van der Waals surface area contributed by atoms with Gasteiger partial charge in [-0.1, -0.05) is 18.2 Å². The SMILES string of the molecule is Cc1ccc(NC(=O)CN2CCC(c3nc4ccccc4s3)CC2)cc1F. The molecule has 0 saturated carbocycles. The molecule has 140 valence electrons. The Balaban J connectivity index is 1.31. The maximum absolute atomic E-state index is 13.6. The first-order valence-electron chi connectivity index (χ1n) is 9.22. The average Bonchev–Trinajstić information content (AvgIpc) is 3.09. The molecule has 0 radical (unpaired) electrons. The van der Waals surface area contributed by atoms with E-state index in [1.165, 1.54) is 15.8 Å². The van der Waals surface area contributed by atoms with Crippen LogP contribution in [-0.2, 0) is 4.79 Å². The molecule has 0 spiro atoms. The predicted molar refractivity (Wildman–Crippen MR) is 108 cm³/mol. The van der Waals surface area contributed by atoms with Crippen LogP contribution in [0.3, 0.4) is 0 Å². The lowest BCUT2D eigenvalue weighted by molar-refractivity contribution is -0.117. The number of nitrogens with zero attached hydrogens (tertiary/aromatic N) is 2. The number of hydrogen-bond acceptors (Lipinski definition) is 4. The maximum Gasteiger partial charge on any atom is 0.238 e. The lowest BCUT2D eigenvalue weighted by Crippen LogP contribution is -2.38. The minimum absolute atomic E-state index is 0.100. The minimum atomic E-state index is -0.301. The van der Waals surface area contributed by atoms with Crippen LogP contribution in [0, 0.1) is 12.7 Å². The van der Waals surface area contributed by atoms with Gasteiger partial charge in [0.15, 0.2) is 0 Å². The molecule has 3 aromatic rings. The summed E-state index contributed by atoms with van der Waals surface area (Å²) < 4.78 is 14.8. The summed E-state index contributed by atoms with van der Waals surface area (Å²) in [7, 11) is 0. The Kier molecular flexibility index (Phi) is 5.18. The second-order valence-corrected chi connectivity index (χ2v) is 8.14. The van der Waals surface area contributed by atoms with Crippen LogP contribution in [0.25, 0.3) is 10.2 Å². The fourth-order valence-corrected chi connectivity index (χ4v) is 4.61. The summed E-state index contributed by atoms with van der Waals surface area (Å²) in [5.74, 6) is 0.0639. The van der Waals surface area contributed by atoms with E-state index in [9.17, 15) is 9.18 Å². The van der Waals surface area contributed by atoms with Crippen molar-refractivity contribution < 1.29 is 9.18 Å². The van der Waals surface area contributed by atoms with E-state index in [0.29, 0.717) is 23.7 Å². The number of halogens is 1. The first-order chi connectivity index (χ1) is 13.1. The third kappa shape index (κ3) is 4.17. The molecule has 1 fully saturated rings. The largest absolute Gasteiger partial charge is 0.325 e. The van der Waals surface area contributed by atoms with Crippen LogP contribution < -0.4 is 5.32 Å². The summed E-state index contributed by atoms with van der Waals surface area (Å²) in [5.41, 5.74) is 2.15. The third-order valence-electron chi connectivity index (χ3n) is 5.07. The molecule has 4 nitrogen and oxygen atoms in total. The number of carbonyl (C=O) groups is 1. The highest BCUT2D eigenvalue weighted by Gasteiger charge is 2.24. The quantitative estimate of drug-likeness (QED) is 0.718. The van der Waals surface area contributed by atoms with Crippen LogP contribution in [0.4, 0.5) is 10.1 Å². The number of likely N-dealkylation sites (tertiary alicyclic amines) is 1. The highest BCUT2D eigenvalue weighted by Crippen LogP contribution is 2.33. The second kappa shape index (κ2) is 7.74. The molecule has 1 amide bonds. The van der Waals surface area contributed by atoms with Gasteiger partial charge in [-0.15, -0.1) is 11.3 Å². The summed E-state index contributed by atoms with van der Waals surface area (Å²) in [5, 5.41) is 3.99. The van der Waals surface area contributed by atoms with Gasteiger partial charge in [0.2, 0.25) is 5.91 Å². The molecule has 27 heavy (non-hydrogen) atoms. The molecule has 4 rings (SSSR count). The first-order valence-corrected chi connectivity index (χ1v) is 10.0. The Hall–Kier alpha value is -2.31. The van der Waals surface area contributed by atoms with E-state index in [4.69, 9.17) is 4.98 Å². The molecular weight excluding hydrogens is 361 g/mol. The van der Waals surface area contributed by atoms with Crippen molar-refractivity contribution in [2.45, 2.75) is 25.7 Å². The summed E-state index contributed by atoms with van der Waals surface area (Å²) in [6, 6.07) is 13.0. The zero-order valence-electron chi connectivity index (χ0n) is 15.2. The van der Waals surface area contributed by atoms with Gasteiger partial charge in [-0.25, -0.2) is 9.37 Å². The molecule has 6 heteroatoms. The van der Waals surface area contributed by atoms with E-state index >= 15 is 0 Å². The fraction of sp³-hybridized carbons (Fsp3) is 0.333. The zero-order valence-corrected chi connectivity index (χ0v) is 16.1. The Morgan fingerprint density at radius 3 is 2.78 bits per heavy atom. The van der Waals surface area contributed by atoms with Crippen molar-refractivity contribution in [3.63, 3.8) is 0 Å². The van der Waals surface area contributed by atoms with Gasteiger partial charge < -0.3 is 5.32 Å².